The third-order valence-electron chi connectivity index (χ3n) is 2.34. The zero-order valence-corrected chi connectivity index (χ0v) is 8.10. The Morgan fingerprint density at radius 2 is 1.45 bits per heavy atom. The molecule has 0 N–H and O–H groups in total. The van der Waals surface area contributed by atoms with Gasteiger partial charge < -0.3 is 0 Å². The van der Waals surface area contributed by atoms with Crippen molar-refractivity contribution in [2.75, 3.05) is 0 Å². The van der Waals surface area contributed by atoms with Gasteiger partial charge in [0.15, 0.2) is 0 Å². The Hall–Kier alpha value is 0. The molecule has 0 nitrogen and oxygen atoms in total. The lowest BCUT2D eigenvalue weighted by Crippen LogP contribution is -1.99. The molecule has 0 heterocycles. The van der Waals surface area contributed by atoms with E-state index in [0.717, 1.165) is 24.7 Å². The fraction of sp³-hybridized carbons (Fsp3) is 0.818. The predicted molar refractivity (Wildman–Crippen MR) is 52.1 cm³/mol. The molecule has 0 aliphatic rings. The highest BCUT2D eigenvalue weighted by Gasteiger charge is 2.03. The largest absolute Gasteiger partial charge is 0.0625 e. The lowest BCUT2D eigenvalue weighted by molar-refractivity contribution is 0.415. The number of hydrogen-bond donors (Lipinski definition) is 0. The second-order valence-corrected chi connectivity index (χ2v) is 3.72. The molecule has 0 heteroatoms. The number of rotatable bonds is 6. The molecule has 0 aromatic carbocycles. The van der Waals surface area contributed by atoms with Gasteiger partial charge in [0, 0.05) is 0 Å². The van der Waals surface area contributed by atoms with Gasteiger partial charge in [-0.15, -0.1) is 0 Å². The van der Waals surface area contributed by atoms with Crippen LogP contribution in [0.25, 0.3) is 0 Å². The second-order valence-electron chi connectivity index (χ2n) is 3.72. The molecule has 0 aromatic rings. The Bertz CT molecular complexity index is 76.1. The SMILES string of the molecule is [CH2]CCC(C)CCC(C)C[CH2]. The molecular formula is C11H22. The number of hydrogen-bond acceptors (Lipinski definition) is 0. The topological polar surface area (TPSA) is 0 Å². The van der Waals surface area contributed by atoms with E-state index in [2.05, 4.69) is 27.7 Å². The van der Waals surface area contributed by atoms with Gasteiger partial charge in [-0.25, -0.2) is 0 Å². The summed E-state index contributed by atoms with van der Waals surface area (Å²) in [5.41, 5.74) is 0. The summed E-state index contributed by atoms with van der Waals surface area (Å²) >= 11 is 0. The Balaban J connectivity index is 3.22. The normalized spacial score (nSPS) is 16.4. The van der Waals surface area contributed by atoms with E-state index < -0.39 is 0 Å². The van der Waals surface area contributed by atoms with Crippen molar-refractivity contribution in [3.05, 3.63) is 13.8 Å². The van der Waals surface area contributed by atoms with Crippen molar-refractivity contribution in [3.63, 3.8) is 0 Å². The summed E-state index contributed by atoms with van der Waals surface area (Å²) in [7, 11) is 0. The molecule has 0 aliphatic heterocycles. The van der Waals surface area contributed by atoms with Crippen LogP contribution in [-0.2, 0) is 0 Å². The van der Waals surface area contributed by atoms with Gasteiger partial charge in [0.05, 0.1) is 0 Å². The van der Waals surface area contributed by atoms with E-state index in [1.807, 2.05) is 0 Å². The van der Waals surface area contributed by atoms with Gasteiger partial charge in [-0.3, -0.25) is 0 Å². The van der Waals surface area contributed by atoms with E-state index in [-0.39, 0.29) is 0 Å². The van der Waals surface area contributed by atoms with Gasteiger partial charge in [-0.2, -0.15) is 0 Å². The zero-order chi connectivity index (χ0) is 8.69. The van der Waals surface area contributed by atoms with Crippen LogP contribution in [0.3, 0.4) is 0 Å². The van der Waals surface area contributed by atoms with Crippen molar-refractivity contribution >= 4 is 0 Å². The van der Waals surface area contributed by atoms with Crippen LogP contribution in [0.15, 0.2) is 0 Å². The molecule has 0 spiro atoms. The van der Waals surface area contributed by atoms with E-state index in [0.29, 0.717) is 0 Å². The molecule has 0 saturated carbocycles. The lowest BCUT2D eigenvalue weighted by atomic mass is 9.94. The highest BCUT2D eigenvalue weighted by molar-refractivity contribution is 4.59. The highest BCUT2D eigenvalue weighted by Crippen LogP contribution is 2.17. The van der Waals surface area contributed by atoms with E-state index >= 15 is 0 Å². The lowest BCUT2D eigenvalue weighted by Gasteiger charge is -2.12. The van der Waals surface area contributed by atoms with Crippen molar-refractivity contribution in [1.82, 2.24) is 0 Å². The van der Waals surface area contributed by atoms with Crippen LogP contribution in [0.5, 0.6) is 0 Å². The second kappa shape index (κ2) is 6.69. The Morgan fingerprint density at radius 1 is 0.909 bits per heavy atom. The minimum atomic E-state index is 0.808. The third-order valence-corrected chi connectivity index (χ3v) is 2.34. The molecule has 66 valence electrons. The molecule has 0 bridgehead atoms. The summed E-state index contributed by atoms with van der Waals surface area (Å²) in [5.74, 6) is 1.67. The van der Waals surface area contributed by atoms with E-state index in [4.69, 9.17) is 0 Å². The Labute approximate surface area is 72.4 Å². The molecule has 0 amide bonds. The summed E-state index contributed by atoms with van der Waals surface area (Å²) in [6.45, 7) is 12.4. The monoisotopic (exact) mass is 154 g/mol. The molecule has 0 rings (SSSR count). The quantitative estimate of drug-likeness (QED) is 0.544. The van der Waals surface area contributed by atoms with Crippen LogP contribution in [0, 0.1) is 25.7 Å². The van der Waals surface area contributed by atoms with Crippen molar-refractivity contribution < 1.29 is 0 Å². The maximum absolute atomic E-state index is 3.90. The van der Waals surface area contributed by atoms with Gasteiger partial charge in [0.1, 0.15) is 0 Å². The standard InChI is InChI=1S/C11H22/c1-5-7-11(4)9-8-10(3)6-2/h10-11H,1-2,5-9H2,3-4H3. The minimum Gasteiger partial charge on any atom is -0.0625 e. The molecule has 11 heavy (non-hydrogen) atoms. The summed E-state index contributed by atoms with van der Waals surface area (Å²) in [4.78, 5) is 0. The Morgan fingerprint density at radius 3 is 1.91 bits per heavy atom. The van der Waals surface area contributed by atoms with Crippen LogP contribution in [0.2, 0.25) is 0 Å². The van der Waals surface area contributed by atoms with Crippen molar-refractivity contribution in [2.24, 2.45) is 11.8 Å². The van der Waals surface area contributed by atoms with Crippen LogP contribution in [-0.4, -0.2) is 0 Å². The van der Waals surface area contributed by atoms with E-state index in [9.17, 15) is 0 Å². The maximum atomic E-state index is 3.90. The van der Waals surface area contributed by atoms with Crippen molar-refractivity contribution in [2.45, 2.75) is 46.0 Å². The first kappa shape index (κ1) is 11.0. The van der Waals surface area contributed by atoms with Gasteiger partial charge in [-0.05, 0) is 11.8 Å². The molecular weight excluding hydrogens is 132 g/mol. The van der Waals surface area contributed by atoms with Crippen LogP contribution in [0.4, 0.5) is 0 Å². The zero-order valence-electron chi connectivity index (χ0n) is 8.10. The average Bonchev–Trinajstić information content (AvgIpc) is 2.01. The molecule has 0 aromatic heterocycles. The fourth-order valence-corrected chi connectivity index (χ4v) is 1.21. The first-order valence-corrected chi connectivity index (χ1v) is 4.79. The average molecular weight is 154 g/mol. The molecule has 2 radical (unpaired) electrons. The minimum absolute atomic E-state index is 0.808. The van der Waals surface area contributed by atoms with E-state index in [1.54, 1.807) is 0 Å². The maximum Gasteiger partial charge on any atom is -0.0443 e. The summed E-state index contributed by atoms with van der Waals surface area (Å²) in [6.07, 6.45) is 6.14. The summed E-state index contributed by atoms with van der Waals surface area (Å²) in [5, 5.41) is 0. The summed E-state index contributed by atoms with van der Waals surface area (Å²) < 4.78 is 0. The Kier molecular flexibility index (Phi) is 6.69. The fourth-order valence-electron chi connectivity index (χ4n) is 1.21. The molecule has 2 unspecified atom stereocenters. The highest BCUT2D eigenvalue weighted by atomic mass is 14.1. The predicted octanol–water partition coefficient (Wildman–Crippen LogP) is 3.88. The smallest absolute Gasteiger partial charge is 0.0443 e. The molecule has 0 aliphatic carbocycles. The first-order chi connectivity index (χ1) is 5.20. The van der Waals surface area contributed by atoms with E-state index in [1.165, 1.54) is 19.3 Å². The van der Waals surface area contributed by atoms with Crippen LogP contribution < -0.4 is 0 Å². The van der Waals surface area contributed by atoms with Crippen LogP contribution >= 0.6 is 0 Å². The molecule has 2 atom stereocenters. The van der Waals surface area contributed by atoms with Crippen molar-refractivity contribution in [1.29, 1.82) is 0 Å². The van der Waals surface area contributed by atoms with Gasteiger partial charge >= 0.3 is 0 Å². The molecule has 0 fully saturated rings. The third kappa shape index (κ3) is 6.40. The first-order valence-electron chi connectivity index (χ1n) is 4.79. The summed E-state index contributed by atoms with van der Waals surface area (Å²) in [6, 6.07) is 0. The van der Waals surface area contributed by atoms with Crippen molar-refractivity contribution in [3.8, 4) is 0 Å². The van der Waals surface area contributed by atoms with Gasteiger partial charge in [0.25, 0.3) is 0 Å². The van der Waals surface area contributed by atoms with Gasteiger partial charge in [0.2, 0.25) is 0 Å². The molecule has 0 saturated heterocycles. The van der Waals surface area contributed by atoms with Gasteiger partial charge in [-0.1, -0.05) is 59.8 Å². The van der Waals surface area contributed by atoms with Crippen LogP contribution in [0.1, 0.15) is 46.0 Å².